The standard InChI is InChI=1S/C14H12Cl2NO/c1-10(18)12-3-2-6-17(9-12)8-11-4-5-13(15)14(16)7-11/h2-7,9H,8H2,1H3/q+1. The molecular weight excluding hydrogens is 269 g/mol. The third-order valence-electron chi connectivity index (χ3n) is 2.61. The molecule has 0 aliphatic heterocycles. The number of ketones is 1. The summed E-state index contributed by atoms with van der Waals surface area (Å²) in [6.45, 7) is 2.21. The van der Waals surface area contributed by atoms with Gasteiger partial charge in [-0.1, -0.05) is 29.3 Å². The van der Waals surface area contributed by atoms with E-state index in [1.54, 1.807) is 19.1 Å². The van der Waals surface area contributed by atoms with E-state index in [1.807, 2.05) is 35.2 Å². The Hall–Kier alpha value is -1.38. The number of halogens is 2. The van der Waals surface area contributed by atoms with E-state index in [-0.39, 0.29) is 5.78 Å². The highest BCUT2D eigenvalue weighted by atomic mass is 35.5. The van der Waals surface area contributed by atoms with E-state index >= 15 is 0 Å². The van der Waals surface area contributed by atoms with Gasteiger partial charge in [0.15, 0.2) is 24.7 Å². The highest BCUT2D eigenvalue weighted by Crippen LogP contribution is 2.22. The van der Waals surface area contributed by atoms with Crippen LogP contribution in [0.3, 0.4) is 0 Å². The molecular formula is C14H12Cl2NO+. The molecule has 2 aromatic rings. The smallest absolute Gasteiger partial charge is 0.179 e. The normalized spacial score (nSPS) is 10.4. The van der Waals surface area contributed by atoms with Gasteiger partial charge < -0.3 is 0 Å². The van der Waals surface area contributed by atoms with Gasteiger partial charge in [0.05, 0.1) is 15.6 Å². The molecule has 0 N–H and O–H groups in total. The van der Waals surface area contributed by atoms with E-state index < -0.39 is 0 Å². The summed E-state index contributed by atoms with van der Waals surface area (Å²) in [6, 6.07) is 9.18. The molecule has 2 rings (SSSR count). The van der Waals surface area contributed by atoms with Gasteiger partial charge in [0.2, 0.25) is 0 Å². The van der Waals surface area contributed by atoms with Crippen LogP contribution in [-0.4, -0.2) is 5.78 Å². The third kappa shape index (κ3) is 3.09. The third-order valence-corrected chi connectivity index (χ3v) is 3.35. The van der Waals surface area contributed by atoms with E-state index in [9.17, 15) is 4.79 Å². The molecule has 1 aromatic carbocycles. The molecule has 4 heteroatoms. The summed E-state index contributed by atoms with van der Waals surface area (Å²) in [7, 11) is 0. The number of carbonyl (C=O) groups is 1. The predicted molar refractivity (Wildman–Crippen MR) is 72.2 cm³/mol. The predicted octanol–water partition coefficient (Wildman–Crippen LogP) is 3.53. The second kappa shape index (κ2) is 5.51. The molecule has 0 atom stereocenters. The van der Waals surface area contributed by atoms with Crippen molar-refractivity contribution in [2.24, 2.45) is 0 Å². The van der Waals surface area contributed by atoms with Gasteiger partial charge in [-0.05, 0) is 25.1 Å². The Morgan fingerprint density at radius 2 is 2.00 bits per heavy atom. The first-order valence-electron chi connectivity index (χ1n) is 5.50. The van der Waals surface area contributed by atoms with Crippen LogP contribution in [0.2, 0.25) is 10.0 Å². The minimum atomic E-state index is 0.0542. The van der Waals surface area contributed by atoms with Gasteiger partial charge >= 0.3 is 0 Å². The number of Topliss-reactive ketones (excluding diaryl/α,β-unsaturated/α-hetero) is 1. The fourth-order valence-electron chi connectivity index (χ4n) is 1.68. The largest absolute Gasteiger partial charge is 0.294 e. The van der Waals surface area contributed by atoms with E-state index in [4.69, 9.17) is 23.2 Å². The van der Waals surface area contributed by atoms with Gasteiger partial charge in [0.25, 0.3) is 0 Å². The van der Waals surface area contributed by atoms with Crippen LogP contribution < -0.4 is 4.57 Å². The summed E-state index contributed by atoms with van der Waals surface area (Å²) in [5.41, 5.74) is 1.73. The van der Waals surface area contributed by atoms with E-state index in [0.29, 0.717) is 22.2 Å². The fourth-order valence-corrected chi connectivity index (χ4v) is 2.00. The second-order valence-electron chi connectivity index (χ2n) is 4.07. The Kier molecular flexibility index (Phi) is 4.00. The fraction of sp³-hybridized carbons (Fsp3) is 0.143. The summed E-state index contributed by atoms with van der Waals surface area (Å²) >= 11 is 11.8. The average Bonchev–Trinajstić information content (AvgIpc) is 2.34. The molecule has 0 amide bonds. The first-order chi connectivity index (χ1) is 8.56. The molecule has 0 saturated heterocycles. The van der Waals surface area contributed by atoms with Gasteiger partial charge in [-0.25, -0.2) is 4.57 Å². The van der Waals surface area contributed by atoms with Gasteiger partial charge in [0.1, 0.15) is 0 Å². The van der Waals surface area contributed by atoms with Crippen LogP contribution >= 0.6 is 23.2 Å². The number of benzene rings is 1. The maximum absolute atomic E-state index is 11.3. The molecule has 0 radical (unpaired) electrons. The van der Waals surface area contributed by atoms with Crippen LogP contribution in [0, 0.1) is 0 Å². The van der Waals surface area contributed by atoms with Crippen molar-refractivity contribution in [3.05, 3.63) is 63.9 Å². The van der Waals surface area contributed by atoms with Gasteiger partial charge in [-0.15, -0.1) is 0 Å². The molecule has 0 aliphatic rings. The number of pyridine rings is 1. The van der Waals surface area contributed by atoms with Crippen LogP contribution in [0.5, 0.6) is 0 Å². The first-order valence-corrected chi connectivity index (χ1v) is 6.26. The molecule has 0 saturated carbocycles. The Labute approximate surface area is 116 Å². The van der Waals surface area contributed by atoms with Crippen molar-refractivity contribution in [2.75, 3.05) is 0 Å². The Bertz CT molecular complexity index is 596. The van der Waals surface area contributed by atoms with Crippen LogP contribution in [0.1, 0.15) is 22.8 Å². The molecule has 0 aliphatic carbocycles. The Balaban J connectivity index is 2.25. The van der Waals surface area contributed by atoms with E-state index in [2.05, 4.69) is 0 Å². The minimum Gasteiger partial charge on any atom is -0.294 e. The second-order valence-corrected chi connectivity index (χ2v) is 4.88. The van der Waals surface area contributed by atoms with Crippen LogP contribution in [0.15, 0.2) is 42.7 Å². The lowest BCUT2D eigenvalue weighted by molar-refractivity contribution is -0.688. The monoisotopic (exact) mass is 280 g/mol. The minimum absolute atomic E-state index is 0.0542. The molecule has 0 unspecified atom stereocenters. The molecule has 18 heavy (non-hydrogen) atoms. The summed E-state index contributed by atoms with van der Waals surface area (Å²) in [5.74, 6) is 0.0542. The molecule has 1 heterocycles. The average molecular weight is 281 g/mol. The topological polar surface area (TPSA) is 20.9 Å². The van der Waals surface area contributed by atoms with Crippen molar-refractivity contribution in [3.8, 4) is 0 Å². The van der Waals surface area contributed by atoms with E-state index in [1.165, 1.54) is 0 Å². The summed E-state index contributed by atoms with van der Waals surface area (Å²) in [4.78, 5) is 11.3. The maximum atomic E-state index is 11.3. The number of carbonyl (C=O) groups excluding carboxylic acids is 1. The lowest BCUT2D eigenvalue weighted by Crippen LogP contribution is -2.34. The number of rotatable bonds is 3. The molecule has 0 spiro atoms. The van der Waals surface area contributed by atoms with Crippen molar-refractivity contribution in [3.63, 3.8) is 0 Å². The molecule has 1 aromatic heterocycles. The quantitative estimate of drug-likeness (QED) is 0.622. The summed E-state index contributed by atoms with van der Waals surface area (Å²) in [6.07, 6.45) is 3.74. The van der Waals surface area contributed by atoms with Crippen LogP contribution in [0.25, 0.3) is 0 Å². The lowest BCUT2D eigenvalue weighted by Gasteiger charge is -2.01. The summed E-state index contributed by atoms with van der Waals surface area (Å²) < 4.78 is 1.94. The molecule has 0 fully saturated rings. The van der Waals surface area contributed by atoms with Gasteiger partial charge in [-0.3, -0.25) is 4.79 Å². The molecule has 0 bridgehead atoms. The first kappa shape index (κ1) is 13.1. The Morgan fingerprint density at radius 3 is 2.67 bits per heavy atom. The zero-order chi connectivity index (χ0) is 13.1. The number of hydrogen-bond acceptors (Lipinski definition) is 1. The number of aromatic nitrogens is 1. The van der Waals surface area contributed by atoms with Crippen LogP contribution in [-0.2, 0) is 6.54 Å². The van der Waals surface area contributed by atoms with Crippen molar-refractivity contribution in [1.82, 2.24) is 0 Å². The lowest BCUT2D eigenvalue weighted by atomic mass is 10.2. The van der Waals surface area contributed by atoms with Crippen molar-refractivity contribution in [1.29, 1.82) is 0 Å². The maximum Gasteiger partial charge on any atom is 0.179 e. The van der Waals surface area contributed by atoms with Crippen LogP contribution in [0.4, 0.5) is 0 Å². The van der Waals surface area contributed by atoms with Crippen molar-refractivity contribution in [2.45, 2.75) is 13.5 Å². The highest BCUT2D eigenvalue weighted by Gasteiger charge is 2.08. The SMILES string of the molecule is CC(=O)c1ccc[n+](Cc2ccc(Cl)c(Cl)c2)c1. The number of hydrogen-bond donors (Lipinski definition) is 0. The highest BCUT2D eigenvalue weighted by molar-refractivity contribution is 6.42. The van der Waals surface area contributed by atoms with Crippen molar-refractivity contribution >= 4 is 29.0 Å². The molecule has 92 valence electrons. The molecule has 2 nitrogen and oxygen atoms in total. The van der Waals surface area contributed by atoms with Crippen molar-refractivity contribution < 1.29 is 9.36 Å². The zero-order valence-corrected chi connectivity index (χ0v) is 11.4. The summed E-state index contributed by atoms with van der Waals surface area (Å²) in [5, 5.41) is 1.08. The Morgan fingerprint density at radius 1 is 1.22 bits per heavy atom. The number of nitrogens with zero attached hydrogens (tertiary/aromatic N) is 1. The van der Waals surface area contributed by atoms with Gasteiger partial charge in [0, 0.05) is 11.6 Å². The zero-order valence-electron chi connectivity index (χ0n) is 9.86. The van der Waals surface area contributed by atoms with Gasteiger partial charge in [-0.2, -0.15) is 0 Å². The van der Waals surface area contributed by atoms with E-state index in [0.717, 1.165) is 5.56 Å².